The van der Waals surface area contributed by atoms with Crippen molar-refractivity contribution in [1.29, 1.82) is 0 Å². The van der Waals surface area contributed by atoms with Crippen LogP contribution in [0.15, 0.2) is 29.4 Å². The van der Waals surface area contributed by atoms with E-state index in [1.54, 1.807) is 0 Å². The first-order valence-corrected chi connectivity index (χ1v) is 8.84. The lowest BCUT2D eigenvalue weighted by atomic mass is 9.84. The van der Waals surface area contributed by atoms with Crippen LogP contribution >= 0.6 is 0 Å². The monoisotopic (exact) mass is 329 g/mol. The highest BCUT2D eigenvalue weighted by Gasteiger charge is 2.42. The number of aryl methyl sites for hydroxylation is 1. The highest BCUT2D eigenvalue weighted by molar-refractivity contribution is 5.97. The van der Waals surface area contributed by atoms with E-state index in [4.69, 9.17) is 10.6 Å². The number of hydrogen-bond acceptors (Lipinski definition) is 3. The quantitative estimate of drug-likeness (QED) is 0.478. The summed E-state index contributed by atoms with van der Waals surface area (Å²) in [6.07, 6.45) is 5.30. The number of carbonyl (C=O) groups is 1. The first-order chi connectivity index (χ1) is 11.5. The molecule has 1 aromatic rings. The van der Waals surface area contributed by atoms with Gasteiger partial charge in [0.15, 0.2) is 12.4 Å². The van der Waals surface area contributed by atoms with Gasteiger partial charge in [-0.1, -0.05) is 41.4 Å². The van der Waals surface area contributed by atoms with Crippen molar-refractivity contribution in [3.63, 3.8) is 0 Å². The third kappa shape index (κ3) is 3.89. The lowest BCUT2D eigenvalue weighted by Crippen LogP contribution is -2.41. The number of rotatable bonds is 6. The standard InChI is InChI=1S/C19H27N3O2/c1-12-3-6-15(7-4-12)19(20)22-24-11-18(23)21-13(2)17-10-14-5-8-16(17)9-14/h3-4,6-7,13-14,16-17H,5,8-11H2,1-2H3,(H2,20,22)(H,21,23)/t13-,14-,16-,17+/m0/s1. The summed E-state index contributed by atoms with van der Waals surface area (Å²) in [6.45, 7) is 4.01. The topological polar surface area (TPSA) is 76.7 Å². The molecule has 1 amide bonds. The van der Waals surface area contributed by atoms with E-state index in [2.05, 4.69) is 17.4 Å². The third-order valence-electron chi connectivity index (χ3n) is 5.53. The van der Waals surface area contributed by atoms with Crippen LogP contribution in [0.1, 0.15) is 43.7 Å². The molecule has 0 aromatic heterocycles. The van der Waals surface area contributed by atoms with Gasteiger partial charge in [0.05, 0.1) is 0 Å². The van der Waals surface area contributed by atoms with Crippen LogP contribution in [-0.4, -0.2) is 24.4 Å². The summed E-state index contributed by atoms with van der Waals surface area (Å²) >= 11 is 0. The van der Waals surface area contributed by atoms with Gasteiger partial charge in [-0.3, -0.25) is 4.79 Å². The highest BCUT2D eigenvalue weighted by Crippen LogP contribution is 2.49. The number of oxime groups is 1. The maximum Gasteiger partial charge on any atom is 0.260 e. The number of hydrogen-bond donors (Lipinski definition) is 2. The minimum Gasteiger partial charge on any atom is -0.384 e. The number of nitrogens with zero attached hydrogens (tertiary/aromatic N) is 1. The van der Waals surface area contributed by atoms with Crippen molar-refractivity contribution in [2.24, 2.45) is 28.6 Å². The Morgan fingerprint density at radius 2 is 2.08 bits per heavy atom. The molecule has 0 heterocycles. The molecule has 2 saturated carbocycles. The van der Waals surface area contributed by atoms with E-state index in [0.717, 1.165) is 23.0 Å². The summed E-state index contributed by atoms with van der Waals surface area (Å²) in [4.78, 5) is 17.2. The van der Waals surface area contributed by atoms with Crippen molar-refractivity contribution in [3.8, 4) is 0 Å². The summed E-state index contributed by atoms with van der Waals surface area (Å²) in [5, 5.41) is 6.89. The fourth-order valence-electron chi connectivity index (χ4n) is 4.25. The number of nitrogens with two attached hydrogens (primary N) is 1. The second kappa shape index (κ2) is 7.24. The van der Waals surface area contributed by atoms with Crippen molar-refractivity contribution in [2.45, 2.75) is 45.6 Å². The summed E-state index contributed by atoms with van der Waals surface area (Å²) in [5.74, 6) is 2.44. The number of amidine groups is 1. The van der Waals surface area contributed by atoms with Gasteiger partial charge in [-0.25, -0.2) is 0 Å². The van der Waals surface area contributed by atoms with Crippen molar-refractivity contribution in [1.82, 2.24) is 5.32 Å². The Morgan fingerprint density at radius 3 is 2.71 bits per heavy atom. The molecule has 0 unspecified atom stereocenters. The van der Waals surface area contributed by atoms with E-state index in [1.807, 2.05) is 31.2 Å². The molecule has 1 aromatic carbocycles. The first-order valence-electron chi connectivity index (χ1n) is 8.84. The molecular formula is C19H27N3O2. The number of nitrogens with one attached hydrogen (secondary N) is 1. The molecule has 0 radical (unpaired) electrons. The summed E-state index contributed by atoms with van der Waals surface area (Å²) < 4.78 is 0. The number of fused-ring (bicyclic) bond motifs is 2. The molecule has 4 atom stereocenters. The average molecular weight is 329 g/mol. The first kappa shape index (κ1) is 16.8. The Morgan fingerprint density at radius 1 is 1.33 bits per heavy atom. The van der Waals surface area contributed by atoms with Gasteiger partial charge in [0, 0.05) is 11.6 Å². The van der Waals surface area contributed by atoms with Gasteiger partial charge < -0.3 is 15.9 Å². The van der Waals surface area contributed by atoms with Gasteiger partial charge in [0.1, 0.15) is 0 Å². The van der Waals surface area contributed by atoms with Crippen LogP contribution in [0.25, 0.3) is 0 Å². The van der Waals surface area contributed by atoms with E-state index < -0.39 is 0 Å². The molecule has 2 fully saturated rings. The van der Waals surface area contributed by atoms with Crippen LogP contribution < -0.4 is 11.1 Å². The molecule has 3 N–H and O–H groups in total. The lowest BCUT2D eigenvalue weighted by Gasteiger charge is -2.28. The Balaban J connectivity index is 1.43. The van der Waals surface area contributed by atoms with Crippen LogP contribution in [0.4, 0.5) is 0 Å². The second-order valence-corrected chi connectivity index (χ2v) is 7.31. The molecular weight excluding hydrogens is 302 g/mol. The van der Waals surface area contributed by atoms with Crippen molar-refractivity contribution >= 4 is 11.7 Å². The molecule has 0 aliphatic heterocycles. The molecule has 0 spiro atoms. The smallest absolute Gasteiger partial charge is 0.260 e. The van der Waals surface area contributed by atoms with Crippen molar-refractivity contribution < 1.29 is 9.63 Å². The predicted molar refractivity (Wildman–Crippen MR) is 94.4 cm³/mol. The zero-order chi connectivity index (χ0) is 17.1. The van der Waals surface area contributed by atoms with E-state index in [0.29, 0.717) is 5.92 Å². The Hall–Kier alpha value is -2.04. The van der Waals surface area contributed by atoms with E-state index in [-0.39, 0.29) is 24.4 Å². The van der Waals surface area contributed by atoms with Gasteiger partial charge in [-0.2, -0.15) is 0 Å². The number of carbonyl (C=O) groups excluding carboxylic acids is 1. The third-order valence-corrected chi connectivity index (χ3v) is 5.53. The minimum absolute atomic E-state index is 0.0995. The van der Waals surface area contributed by atoms with E-state index >= 15 is 0 Å². The highest BCUT2D eigenvalue weighted by atomic mass is 16.6. The van der Waals surface area contributed by atoms with Crippen LogP contribution in [-0.2, 0) is 9.63 Å². The maximum absolute atomic E-state index is 12.0. The zero-order valence-corrected chi connectivity index (χ0v) is 14.5. The van der Waals surface area contributed by atoms with Gasteiger partial charge in [0.25, 0.3) is 5.91 Å². The van der Waals surface area contributed by atoms with Crippen molar-refractivity contribution in [2.75, 3.05) is 6.61 Å². The second-order valence-electron chi connectivity index (χ2n) is 7.31. The average Bonchev–Trinajstić information content (AvgIpc) is 3.18. The Kier molecular flexibility index (Phi) is 5.07. The maximum atomic E-state index is 12.0. The normalized spacial score (nSPS) is 27.1. The Bertz CT molecular complexity index is 612. The molecule has 5 nitrogen and oxygen atoms in total. The lowest BCUT2D eigenvalue weighted by molar-refractivity contribution is -0.126. The molecule has 0 saturated heterocycles. The Labute approximate surface area is 143 Å². The molecule has 130 valence electrons. The summed E-state index contributed by atoms with van der Waals surface area (Å²) in [5.41, 5.74) is 7.81. The molecule has 2 aliphatic rings. The minimum atomic E-state index is -0.134. The van der Waals surface area contributed by atoms with Crippen LogP contribution in [0.5, 0.6) is 0 Å². The van der Waals surface area contributed by atoms with Crippen LogP contribution in [0.3, 0.4) is 0 Å². The molecule has 2 aliphatic carbocycles. The van der Waals surface area contributed by atoms with Gasteiger partial charge in [-0.05, 0) is 50.9 Å². The van der Waals surface area contributed by atoms with Gasteiger partial charge >= 0.3 is 0 Å². The number of benzene rings is 1. The van der Waals surface area contributed by atoms with E-state index in [1.165, 1.54) is 25.7 Å². The molecule has 3 rings (SSSR count). The zero-order valence-electron chi connectivity index (χ0n) is 14.5. The largest absolute Gasteiger partial charge is 0.384 e. The molecule has 5 heteroatoms. The van der Waals surface area contributed by atoms with E-state index in [9.17, 15) is 4.79 Å². The molecule has 24 heavy (non-hydrogen) atoms. The number of amides is 1. The molecule has 2 bridgehead atoms. The summed E-state index contributed by atoms with van der Waals surface area (Å²) in [7, 11) is 0. The van der Waals surface area contributed by atoms with Gasteiger partial charge in [0.2, 0.25) is 0 Å². The fourth-order valence-corrected chi connectivity index (χ4v) is 4.25. The summed E-state index contributed by atoms with van der Waals surface area (Å²) in [6, 6.07) is 7.89. The van der Waals surface area contributed by atoms with Gasteiger partial charge in [-0.15, -0.1) is 0 Å². The fraction of sp³-hybridized carbons (Fsp3) is 0.579. The van der Waals surface area contributed by atoms with Crippen LogP contribution in [0, 0.1) is 24.7 Å². The van der Waals surface area contributed by atoms with Crippen molar-refractivity contribution in [3.05, 3.63) is 35.4 Å². The SMILES string of the molecule is Cc1ccc(/C(N)=N\OCC(=O)N[C@@H](C)[C@H]2C[C@H]3CC[C@H]2C3)cc1. The van der Waals surface area contributed by atoms with Crippen LogP contribution in [0.2, 0.25) is 0 Å². The predicted octanol–water partition coefficient (Wildman–Crippen LogP) is 2.57.